The van der Waals surface area contributed by atoms with Crippen LogP contribution in [0.5, 0.6) is 5.75 Å². The number of aromatic nitrogens is 1. The Bertz CT molecular complexity index is 752. The van der Waals surface area contributed by atoms with Crippen LogP contribution < -0.4 is 4.74 Å². The van der Waals surface area contributed by atoms with Crippen molar-refractivity contribution >= 4 is 17.5 Å². The lowest BCUT2D eigenvalue weighted by Gasteiger charge is -2.30. The minimum Gasteiger partial charge on any atom is -0.497 e. The highest BCUT2D eigenvalue weighted by atomic mass is 35.5. The molecule has 0 aliphatic rings. The smallest absolute Gasteiger partial charge is 0.230 e. The van der Waals surface area contributed by atoms with E-state index in [1.807, 2.05) is 50.4 Å². The second-order valence-corrected chi connectivity index (χ2v) is 7.24. The van der Waals surface area contributed by atoms with Gasteiger partial charge in [0.1, 0.15) is 5.75 Å². The van der Waals surface area contributed by atoms with Gasteiger partial charge in [0.2, 0.25) is 5.91 Å². The fraction of sp³-hybridized carbons (Fsp3) is 0.381. The molecule has 0 bridgehead atoms. The Hall–Kier alpha value is -2.20. The normalized spacial score (nSPS) is 11.2. The van der Waals surface area contributed by atoms with Gasteiger partial charge in [0.05, 0.1) is 19.1 Å². The number of amides is 1. The van der Waals surface area contributed by atoms with E-state index >= 15 is 0 Å². The van der Waals surface area contributed by atoms with Crippen LogP contribution in [0.1, 0.15) is 25.1 Å². The van der Waals surface area contributed by atoms with Gasteiger partial charge in [-0.25, -0.2) is 0 Å². The Morgan fingerprint density at radius 2 is 2.12 bits per heavy atom. The van der Waals surface area contributed by atoms with Crippen molar-refractivity contribution in [1.82, 2.24) is 9.47 Å². The molecule has 5 heteroatoms. The number of rotatable bonds is 9. The fourth-order valence-corrected chi connectivity index (χ4v) is 2.88. The Labute approximate surface area is 161 Å². The minimum atomic E-state index is -0.602. The zero-order chi connectivity index (χ0) is 19.2. The summed E-state index contributed by atoms with van der Waals surface area (Å²) in [5.41, 5.74) is 1.60. The summed E-state index contributed by atoms with van der Waals surface area (Å²) in [5, 5.41) is 0. The highest BCUT2D eigenvalue weighted by molar-refractivity contribution is 6.19. The summed E-state index contributed by atoms with van der Waals surface area (Å²) >= 11 is 5.99. The SMILES string of the molecule is C=CCN(Cc1cccn1Cc1cccc(OC)c1)C(=O)C(C)(C)CCl. The Morgan fingerprint density at radius 1 is 1.35 bits per heavy atom. The molecule has 140 valence electrons. The molecule has 1 aromatic carbocycles. The van der Waals surface area contributed by atoms with Crippen molar-refractivity contribution in [1.29, 1.82) is 0 Å². The summed E-state index contributed by atoms with van der Waals surface area (Å²) in [6.07, 6.45) is 3.77. The van der Waals surface area contributed by atoms with Crippen LogP contribution in [-0.2, 0) is 17.9 Å². The van der Waals surface area contributed by atoms with Crippen molar-refractivity contribution in [2.75, 3.05) is 19.5 Å². The average molecular weight is 375 g/mol. The molecule has 0 saturated heterocycles. The zero-order valence-corrected chi connectivity index (χ0v) is 16.5. The first-order chi connectivity index (χ1) is 12.4. The lowest BCUT2D eigenvalue weighted by atomic mass is 9.94. The Balaban J connectivity index is 2.19. The van der Waals surface area contributed by atoms with Crippen molar-refractivity contribution in [3.8, 4) is 5.75 Å². The van der Waals surface area contributed by atoms with Crippen LogP contribution in [-0.4, -0.2) is 34.9 Å². The number of hydrogen-bond acceptors (Lipinski definition) is 2. The molecule has 0 radical (unpaired) electrons. The van der Waals surface area contributed by atoms with E-state index in [0.717, 1.165) is 17.0 Å². The lowest BCUT2D eigenvalue weighted by Crippen LogP contribution is -2.42. The second kappa shape index (κ2) is 8.95. The molecule has 0 atom stereocenters. The summed E-state index contributed by atoms with van der Waals surface area (Å²) < 4.78 is 7.44. The Morgan fingerprint density at radius 3 is 2.77 bits per heavy atom. The van der Waals surface area contributed by atoms with Crippen LogP contribution >= 0.6 is 11.6 Å². The maximum absolute atomic E-state index is 12.8. The summed E-state index contributed by atoms with van der Waals surface area (Å²) in [5.74, 6) is 1.15. The third-order valence-electron chi connectivity index (χ3n) is 4.31. The topological polar surface area (TPSA) is 34.5 Å². The van der Waals surface area contributed by atoms with E-state index in [0.29, 0.717) is 19.6 Å². The maximum Gasteiger partial charge on any atom is 0.230 e. The van der Waals surface area contributed by atoms with Crippen LogP contribution in [0.15, 0.2) is 55.3 Å². The van der Waals surface area contributed by atoms with Gasteiger partial charge >= 0.3 is 0 Å². The minimum absolute atomic E-state index is 0.0292. The standard InChI is InChI=1S/C21H27ClN2O2/c1-5-11-24(20(25)21(2,3)16-22)15-18-9-7-12-23(18)14-17-8-6-10-19(13-17)26-4/h5-10,12-13H,1,11,14-16H2,2-4H3. The van der Waals surface area contributed by atoms with Crippen molar-refractivity contribution in [2.24, 2.45) is 5.41 Å². The number of methoxy groups -OCH3 is 1. The number of hydrogen-bond donors (Lipinski definition) is 0. The van der Waals surface area contributed by atoms with Crippen LogP contribution in [0.2, 0.25) is 0 Å². The molecule has 0 aliphatic heterocycles. The number of alkyl halides is 1. The average Bonchev–Trinajstić information content (AvgIpc) is 3.07. The van der Waals surface area contributed by atoms with E-state index in [9.17, 15) is 4.79 Å². The molecule has 2 aromatic rings. The molecule has 0 saturated carbocycles. The molecule has 2 rings (SSSR count). The molecule has 1 aromatic heterocycles. The molecular weight excluding hydrogens is 348 g/mol. The van der Waals surface area contributed by atoms with Gasteiger partial charge in [-0.3, -0.25) is 4.79 Å². The zero-order valence-electron chi connectivity index (χ0n) is 15.7. The van der Waals surface area contributed by atoms with Crippen molar-refractivity contribution in [3.05, 3.63) is 66.5 Å². The third-order valence-corrected chi connectivity index (χ3v) is 4.98. The van der Waals surface area contributed by atoms with Crippen LogP contribution in [0.25, 0.3) is 0 Å². The monoisotopic (exact) mass is 374 g/mol. The van der Waals surface area contributed by atoms with E-state index in [1.54, 1.807) is 18.1 Å². The first-order valence-electron chi connectivity index (χ1n) is 8.64. The second-order valence-electron chi connectivity index (χ2n) is 6.97. The highest BCUT2D eigenvalue weighted by Gasteiger charge is 2.31. The van der Waals surface area contributed by atoms with Gasteiger partial charge in [-0.1, -0.05) is 18.2 Å². The molecule has 26 heavy (non-hydrogen) atoms. The van der Waals surface area contributed by atoms with Gasteiger partial charge in [0.15, 0.2) is 0 Å². The number of halogens is 1. The van der Waals surface area contributed by atoms with Crippen LogP contribution in [0, 0.1) is 5.41 Å². The molecule has 1 amide bonds. The first-order valence-corrected chi connectivity index (χ1v) is 9.18. The predicted molar refractivity (Wildman–Crippen MR) is 107 cm³/mol. The molecule has 0 aliphatic carbocycles. The molecule has 1 heterocycles. The molecule has 0 unspecified atom stereocenters. The van der Waals surface area contributed by atoms with Gasteiger partial charge in [-0.15, -0.1) is 18.2 Å². The van der Waals surface area contributed by atoms with E-state index in [1.165, 1.54) is 0 Å². The van der Waals surface area contributed by atoms with E-state index < -0.39 is 5.41 Å². The van der Waals surface area contributed by atoms with Gasteiger partial charge in [-0.2, -0.15) is 0 Å². The molecule has 4 nitrogen and oxygen atoms in total. The van der Waals surface area contributed by atoms with Crippen LogP contribution in [0.3, 0.4) is 0 Å². The fourth-order valence-electron chi connectivity index (χ4n) is 2.77. The molecular formula is C21H27ClN2O2. The number of benzene rings is 1. The van der Waals surface area contributed by atoms with E-state index in [-0.39, 0.29) is 11.8 Å². The van der Waals surface area contributed by atoms with Gasteiger partial charge in [0.25, 0.3) is 0 Å². The lowest BCUT2D eigenvalue weighted by molar-refractivity contribution is -0.139. The van der Waals surface area contributed by atoms with Crippen molar-refractivity contribution < 1.29 is 9.53 Å². The number of ether oxygens (including phenoxy) is 1. The summed E-state index contributed by atoms with van der Waals surface area (Å²) in [6, 6.07) is 12.0. The highest BCUT2D eigenvalue weighted by Crippen LogP contribution is 2.23. The maximum atomic E-state index is 12.8. The first kappa shape index (κ1) is 20.1. The molecule has 0 fully saturated rings. The third kappa shape index (κ3) is 4.92. The van der Waals surface area contributed by atoms with Gasteiger partial charge in [-0.05, 0) is 43.7 Å². The van der Waals surface area contributed by atoms with Crippen molar-refractivity contribution in [2.45, 2.75) is 26.9 Å². The Kier molecular flexibility index (Phi) is 6.92. The number of nitrogens with zero attached hydrogens (tertiary/aromatic N) is 2. The summed E-state index contributed by atoms with van der Waals surface area (Å²) in [7, 11) is 1.66. The van der Waals surface area contributed by atoms with Crippen molar-refractivity contribution in [3.63, 3.8) is 0 Å². The predicted octanol–water partition coefficient (Wildman–Crippen LogP) is 4.32. The quantitative estimate of drug-likeness (QED) is 0.483. The largest absolute Gasteiger partial charge is 0.497 e. The number of carbonyl (C=O) groups is 1. The van der Waals surface area contributed by atoms with Crippen LogP contribution in [0.4, 0.5) is 0 Å². The number of carbonyl (C=O) groups excluding carboxylic acids is 1. The summed E-state index contributed by atoms with van der Waals surface area (Å²) in [6.45, 7) is 9.24. The summed E-state index contributed by atoms with van der Waals surface area (Å²) in [4.78, 5) is 14.6. The van der Waals surface area contributed by atoms with E-state index in [2.05, 4.69) is 17.2 Å². The van der Waals surface area contributed by atoms with E-state index in [4.69, 9.17) is 16.3 Å². The van der Waals surface area contributed by atoms with Gasteiger partial charge < -0.3 is 14.2 Å². The molecule has 0 N–H and O–H groups in total. The van der Waals surface area contributed by atoms with Gasteiger partial charge in [0, 0.05) is 30.9 Å². The molecule has 0 spiro atoms.